The van der Waals surface area contributed by atoms with E-state index in [-0.39, 0.29) is 51.9 Å². The first-order valence-corrected chi connectivity index (χ1v) is 20.3. The molecule has 0 saturated heterocycles. The van der Waals surface area contributed by atoms with Crippen LogP contribution in [0, 0.1) is 62.1 Å². The molecule has 0 aliphatic heterocycles. The molecule has 0 aromatic heterocycles. The highest BCUT2D eigenvalue weighted by atomic mass is 16.5. The predicted octanol–water partition coefficient (Wildman–Crippen LogP) is 9.01. The van der Waals surface area contributed by atoms with Gasteiger partial charge < -0.3 is 25.0 Å². The topological polar surface area (TPSA) is 139 Å². The Morgan fingerprint density at radius 1 is 0.870 bits per heavy atom. The molecule has 1 aromatic rings. The van der Waals surface area contributed by atoms with E-state index in [0.717, 1.165) is 69.8 Å². The van der Waals surface area contributed by atoms with Gasteiger partial charge >= 0.3 is 17.9 Å². The summed E-state index contributed by atoms with van der Waals surface area (Å²) in [6, 6.07) is 5.74. The van der Waals surface area contributed by atoms with Gasteiger partial charge in [0.1, 0.15) is 11.9 Å². The molecule has 1 amide bonds. The van der Waals surface area contributed by atoms with Crippen molar-refractivity contribution in [1.82, 2.24) is 5.32 Å². The van der Waals surface area contributed by atoms with Gasteiger partial charge in [-0.1, -0.05) is 58.9 Å². The fourth-order valence-corrected chi connectivity index (χ4v) is 13.7. The molecule has 5 fully saturated rings. The lowest BCUT2D eigenvalue weighted by Crippen LogP contribution is -2.67. The summed E-state index contributed by atoms with van der Waals surface area (Å²) in [6.45, 7) is 21.8. The average molecular weight is 748 g/mol. The van der Waals surface area contributed by atoms with Crippen molar-refractivity contribution in [3.8, 4) is 5.75 Å². The summed E-state index contributed by atoms with van der Waals surface area (Å²) < 4.78 is 11.4. The van der Waals surface area contributed by atoms with Crippen LogP contribution in [0.3, 0.4) is 0 Å². The third-order valence-corrected chi connectivity index (χ3v) is 16.9. The number of fused-ring (bicyclic) bond motifs is 7. The maximum Gasteiger partial charge on any atom is 0.330 e. The molecule has 9 nitrogen and oxygen atoms in total. The molecule has 0 radical (unpaired) electrons. The minimum absolute atomic E-state index is 0.0194. The Hall–Kier alpha value is -3.36. The Labute approximate surface area is 322 Å². The molecule has 1 aromatic carbocycles. The highest BCUT2D eigenvalue weighted by molar-refractivity contribution is 5.89. The number of rotatable bonds is 10. The number of aliphatic carboxylic acids is 2. The highest BCUT2D eigenvalue weighted by Gasteiger charge is 2.72. The van der Waals surface area contributed by atoms with Crippen molar-refractivity contribution < 1.29 is 38.9 Å². The van der Waals surface area contributed by atoms with Gasteiger partial charge in [0.15, 0.2) is 6.04 Å². The summed E-state index contributed by atoms with van der Waals surface area (Å²) in [5.41, 5.74) is -0.412. The quantitative estimate of drug-likeness (QED) is 0.159. The van der Waals surface area contributed by atoms with Crippen molar-refractivity contribution in [2.45, 2.75) is 138 Å². The molecular formula is C45H65NO8. The van der Waals surface area contributed by atoms with E-state index in [1.54, 1.807) is 45.2 Å². The van der Waals surface area contributed by atoms with Gasteiger partial charge in [-0.15, -0.1) is 0 Å². The molecular weight excluding hydrogens is 682 g/mol. The number of methoxy groups -OCH3 is 1. The van der Waals surface area contributed by atoms with Crippen molar-refractivity contribution in [3.05, 3.63) is 42.0 Å². The van der Waals surface area contributed by atoms with Crippen LogP contribution in [0.5, 0.6) is 5.75 Å². The lowest BCUT2D eigenvalue weighted by Gasteiger charge is -2.72. The lowest BCUT2D eigenvalue weighted by molar-refractivity contribution is -0.249. The first-order valence-electron chi connectivity index (χ1n) is 20.3. The second-order valence-corrected chi connectivity index (χ2v) is 20.1. The van der Waals surface area contributed by atoms with Crippen LogP contribution in [0.2, 0.25) is 0 Å². The molecule has 0 heterocycles. The van der Waals surface area contributed by atoms with Crippen molar-refractivity contribution in [2.75, 3.05) is 7.11 Å². The van der Waals surface area contributed by atoms with E-state index in [0.29, 0.717) is 29.1 Å². The van der Waals surface area contributed by atoms with Crippen LogP contribution in [0.15, 0.2) is 36.4 Å². The molecule has 3 N–H and O–H groups in total. The van der Waals surface area contributed by atoms with Gasteiger partial charge in [0, 0.05) is 5.41 Å². The van der Waals surface area contributed by atoms with Gasteiger partial charge in [0.05, 0.1) is 24.4 Å². The van der Waals surface area contributed by atoms with E-state index in [1.807, 2.05) is 0 Å². The fraction of sp³-hybridized carbons (Fsp3) is 0.733. The number of ether oxygens (including phenoxy) is 2. The summed E-state index contributed by atoms with van der Waals surface area (Å²) in [7, 11) is 1.57. The number of esters is 1. The molecule has 9 heteroatoms. The van der Waals surface area contributed by atoms with Gasteiger partial charge in [-0.05, 0) is 149 Å². The van der Waals surface area contributed by atoms with Gasteiger partial charge in [-0.25, -0.2) is 4.79 Å². The van der Waals surface area contributed by atoms with Gasteiger partial charge in [-0.3, -0.25) is 14.4 Å². The van der Waals surface area contributed by atoms with E-state index < -0.39 is 34.8 Å². The highest BCUT2D eigenvalue weighted by Crippen LogP contribution is 2.77. The molecule has 54 heavy (non-hydrogen) atoms. The number of carbonyl (C=O) groups is 4. The average Bonchev–Trinajstić information content (AvgIpc) is 3.50. The van der Waals surface area contributed by atoms with Crippen molar-refractivity contribution in [3.63, 3.8) is 0 Å². The molecule has 298 valence electrons. The van der Waals surface area contributed by atoms with E-state index in [4.69, 9.17) is 9.47 Å². The lowest BCUT2D eigenvalue weighted by atomic mass is 9.32. The minimum atomic E-state index is -1.18. The number of carbonyl (C=O) groups excluding carboxylic acids is 2. The van der Waals surface area contributed by atoms with Crippen molar-refractivity contribution >= 4 is 23.8 Å². The van der Waals surface area contributed by atoms with Crippen LogP contribution >= 0.6 is 0 Å². The first kappa shape index (κ1) is 40.3. The Balaban J connectivity index is 1.27. The summed E-state index contributed by atoms with van der Waals surface area (Å²) in [6.07, 6.45) is 8.74. The number of hydrogen-bond acceptors (Lipinski definition) is 6. The first-order chi connectivity index (χ1) is 25.1. The van der Waals surface area contributed by atoms with E-state index in [2.05, 4.69) is 53.4 Å². The molecule has 5 saturated carbocycles. The van der Waals surface area contributed by atoms with E-state index in [9.17, 15) is 29.4 Å². The molecule has 5 aliphatic carbocycles. The normalized spacial score (nSPS) is 38.7. The molecule has 11 atom stereocenters. The predicted molar refractivity (Wildman–Crippen MR) is 206 cm³/mol. The number of amides is 1. The summed E-state index contributed by atoms with van der Waals surface area (Å²) in [5.74, 6) is -0.627. The van der Waals surface area contributed by atoms with Crippen LogP contribution in [0.4, 0.5) is 0 Å². The molecule has 6 rings (SSSR count). The number of carboxylic acid groups (broad SMARTS) is 2. The largest absolute Gasteiger partial charge is 0.497 e. The van der Waals surface area contributed by atoms with Crippen molar-refractivity contribution in [1.29, 1.82) is 0 Å². The fourth-order valence-electron chi connectivity index (χ4n) is 13.7. The van der Waals surface area contributed by atoms with Crippen LogP contribution in [-0.2, 0) is 23.9 Å². The number of carboxylic acids is 2. The maximum atomic E-state index is 14.8. The third kappa shape index (κ3) is 6.09. The number of benzene rings is 1. The minimum Gasteiger partial charge on any atom is -0.497 e. The molecule has 5 aliphatic rings. The maximum absolute atomic E-state index is 14.8. The standard InChI is InChI=1S/C45H65NO8/c1-26(2)29-17-22-45(38(50)46-36(37(48)49)27-11-13-28(53-10)14-12-27)24-23-43(8)30(35(29)45)15-16-32-42(7)20-19-33(54-34(47)25-40(3,4)39(51)52)41(5,6)31(42)18-21-44(32,43)9/h11-14,29-33,35-36H,1,15-25H2,2-10H3,(H,46,50)(H,48,49)(H,51,52)/t29-,30+,31-,32+,33-,35+,36?,42-,43+,44+,45-/m0/s1. The molecule has 1 unspecified atom stereocenters. The Morgan fingerprint density at radius 2 is 1.54 bits per heavy atom. The van der Waals surface area contributed by atoms with Gasteiger partial charge in [0.25, 0.3) is 0 Å². The third-order valence-electron chi connectivity index (χ3n) is 16.9. The second-order valence-electron chi connectivity index (χ2n) is 20.1. The Kier molecular flexibility index (Phi) is 10.2. The molecule has 0 bridgehead atoms. The Morgan fingerprint density at radius 3 is 2.13 bits per heavy atom. The van der Waals surface area contributed by atoms with Crippen LogP contribution < -0.4 is 10.1 Å². The van der Waals surface area contributed by atoms with Gasteiger partial charge in [-0.2, -0.15) is 0 Å². The van der Waals surface area contributed by atoms with E-state index in [1.165, 1.54) is 0 Å². The summed E-state index contributed by atoms with van der Waals surface area (Å²) >= 11 is 0. The van der Waals surface area contributed by atoms with Crippen LogP contribution in [-0.4, -0.2) is 47.2 Å². The Bertz CT molecular complexity index is 1680. The zero-order valence-electron chi connectivity index (χ0n) is 34.2. The van der Waals surface area contributed by atoms with Crippen molar-refractivity contribution in [2.24, 2.45) is 62.1 Å². The molecule has 0 spiro atoms. The number of allylic oxidation sites excluding steroid dienone is 1. The van der Waals surface area contributed by atoms with E-state index >= 15 is 0 Å². The number of nitrogens with one attached hydrogen (secondary N) is 1. The zero-order chi connectivity index (χ0) is 39.8. The summed E-state index contributed by atoms with van der Waals surface area (Å²) in [5, 5.41) is 23.0. The zero-order valence-corrected chi connectivity index (χ0v) is 34.2. The summed E-state index contributed by atoms with van der Waals surface area (Å²) in [4.78, 5) is 52.3. The van der Waals surface area contributed by atoms with Gasteiger partial charge in [0.2, 0.25) is 5.91 Å². The van der Waals surface area contributed by atoms with Crippen LogP contribution in [0.1, 0.15) is 138 Å². The smallest absolute Gasteiger partial charge is 0.330 e. The SMILES string of the molecule is C=C(C)[C@@H]1CC[C@]2(C(=O)NC(C(=O)O)c3ccc(OC)cc3)CC[C@]3(C)[C@H](CC[C@@H]4[C@@]5(C)CC[C@H](OC(=O)CC(C)(C)C(=O)O)C(C)(C)[C@@H]5CC[C@]43C)[C@@H]12. The number of hydrogen-bond donors (Lipinski definition) is 3. The van der Waals surface area contributed by atoms with Crippen LogP contribution in [0.25, 0.3) is 0 Å². The second kappa shape index (κ2) is 13.7. The monoisotopic (exact) mass is 747 g/mol.